The summed E-state index contributed by atoms with van der Waals surface area (Å²) in [7, 11) is 0. The topological polar surface area (TPSA) is 149 Å². The smallest absolute Gasteiger partial charge is 0.328 e. The van der Waals surface area contributed by atoms with Crippen LogP contribution in [0.2, 0.25) is 5.02 Å². The van der Waals surface area contributed by atoms with E-state index in [0.717, 1.165) is 93.7 Å². The van der Waals surface area contributed by atoms with Gasteiger partial charge in [0.15, 0.2) is 11.5 Å². The molecule has 4 aliphatic rings. The van der Waals surface area contributed by atoms with Crippen LogP contribution in [-0.4, -0.2) is 88.9 Å². The second-order valence-corrected chi connectivity index (χ2v) is 15.7. The van der Waals surface area contributed by atoms with E-state index in [1.165, 1.54) is 12.8 Å². The summed E-state index contributed by atoms with van der Waals surface area (Å²) in [5.41, 5.74) is 2.74. The van der Waals surface area contributed by atoms with Gasteiger partial charge in [-0.3, -0.25) is 24.7 Å². The minimum atomic E-state index is -0.352. The zero-order valence-corrected chi connectivity index (χ0v) is 32.8. The number of carbonyl (C=O) groups excluding carboxylic acids is 3. The number of urea groups is 1. The van der Waals surface area contributed by atoms with E-state index in [1.54, 1.807) is 29.2 Å². The molecule has 2 aromatic heterocycles. The van der Waals surface area contributed by atoms with Gasteiger partial charge in [-0.25, -0.2) is 4.79 Å². The van der Waals surface area contributed by atoms with E-state index in [9.17, 15) is 14.4 Å². The van der Waals surface area contributed by atoms with Gasteiger partial charge in [0.2, 0.25) is 5.91 Å². The number of anilines is 2. The Labute approximate surface area is 337 Å². The Bertz CT molecular complexity index is 2080. The summed E-state index contributed by atoms with van der Waals surface area (Å²) in [6, 6.07) is 19.2. The van der Waals surface area contributed by atoms with Crippen molar-refractivity contribution in [3.05, 3.63) is 77.1 Å². The highest BCUT2D eigenvalue weighted by molar-refractivity contribution is 6.31. The largest absolute Gasteiger partial charge is 0.490 e. The van der Waals surface area contributed by atoms with Crippen LogP contribution in [0.3, 0.4) is 0 Å². The van der Waals surface area contributed by atoms with E-state index in [1.807, 2.05) is 18.2 Å². The number of fused-ring (bicyclic) bond motifs is 1. The normalized spacial score (nSPS) is 23.2. The number of rotatable bonds is 9. The molecule has 0 bridgehead atoms. The van der Waals surface area contributed by atoms with Gasteiger partial charge >= 0.3 is 6.03 Å². The van der Waals surface area contributed by atoms with E-state index in [4.69, 9.17) is 21.6 Å². The van der Waals surface area contributed by atoms with Gasteiger partial charge < -0.3 is 19.5 Å². The molecule has 8 rings (SSSR count). The third-order valence-electron chi connectivity index (χ3n) is 11.8. The summed E-state index contributed by atoms with van der Waals surface area (Å²) in [5.74, 6) is 1.69. The lowest BCUT2D eigenvalue weighted by atomic mass is 9.85. The maximum Gasteiger partial charge on any atom is 0.328 e. The highest BCUT2D eigenvalue weighted by atomic mass is 35.5. The predicted octanol–water partition coefficient (Wildman–Crippen LogP) is 6.50. The monoisotopic (exact) mass is 799 g/mol. The first-order valence-corrected chi connectivity index (χ1v) is 19.9. The number of ether oxygens (including phenoxy) is 1. The number of nitrogens with one attached hydrogen (secondary N) is 2. The summed E-state index contributed by atoms with van der Waals surface area (Å²) >= 11 is 6.15. The van der Waals surface area contributed by atoms with Gasteiger partial charge in [-0.15, -0.1) is 22.6 Å². The molecule has 0 unspecified atom stereocenters. The van der Waals surface area contributed by atoms with E-state index in [2.05, 4.69) is 59.6 Å². The zero-order valence-electron chi connectivity index (χ0n) is 31.2. The summed E-state index contributed by atoms with van der Waals surface area (Å²) < 4.78 is 8.47. The van der Waals surface area contributed by atoms with Gasteiger partial charge in [0.1, 0.15) is 11.8 Å². The number of halogens is 2. The van der Waals surface area contributed by atoms with Gasteiger partial charge in [0.25, 0.3) is 5.91 Å². The summed E-state index contributed by atoms with van der Waals surface area (Å²) in [5, 5.41) is 24.8. The molecule has 2 aliphatic carbocycles. The summed E-state index contributed by atoms with van der Waals surface area (Å²) in [6.45, 7) is 5.17. The quantitative estimate of drug-likeness (QED) is 0.194. The molecule has 13 nitrogen and oxygen atoms in total. The Morgan fingerprint density at radius 1 is 0.929 bits per heavy atom. The molecule has 2 saturated heterocycles. The van der Waals surface area contributed by atoms with E-state index >= 15 is 0 Å². The van der Waals surface area contributed by atoms with Crippen molar-refractivity contribution in [2.75, 3.05) is 49.1 Å². The molecule has 2 aromatic carbocycles. The van der Waals surface area contributed by atoms with E-state index in [-0.39, 0.29) is 42.4 Å². The number of hydrogen-bond donors (Lipinski definition) is 2. The second kappa shape index (κ2) is 17.5. The van der Waals surface area contributed by atoms with Crippen LogP contribution in [0.4, 0.5) is 16.3 Å². The van der Waals surface area contributed by atoms with Gasteiger partial charge in [-0.1, -0.05) is 17.7 Å². The molecule has 294 valence electrons. The number of aromatic nitrogens is 3. The minimum absolute atomic E-state index is 0. The maximum absolute atomic E-state index is 13.0. The number of imide groups is 1. The van der Waals surface area contributed by atoms with Crippen molar-refractivity contribution < 1.29 is 19.1 Å². The Balaban J connectivity index is 0.00000480. The van der Waals surface area contributed by atoms with Crippen LogP contribution in [0.25, 0.3) is 10.9 Å². The number of piperazine rings is 1. The molecule has 15 heteroatoms. The van der Waals surface area contributed by atoms with Crippen LogP contribution in [0.15, 0.2) is 60.8 Å². The molecule has 4 heterocycles. The van der Waals surface area contributed by atoms with Gasteiger partial charge in [-0.2, -0.15) is 5.26 Å². The number of hydrogen-bond acceptors (Lipinski definition) is 9. The zero-order chi connectivity index (χ0) is 37.9. The molecular formula is C41H47Cl2N9O4. The van der Waals surface area contributed by atoms with Crippen LogP contribution in [0.1, 0.15) is 79.9 Å². The molecule has 2 saturated carbocycles. The average molecular weight is 801 g/mol. The Morgan fingerprint density at radius 2 is 1.71 bits per heavy atom. The van der Waals surface area contributed by atoms with Gasteiger partial charge in [-0.05, 0) is 99.7 Å². The van der Waals surface area contributed by atoms with E-state index < -0.39 is 0 Å². The average Bonchev–Trinajstić information content (AvgIpc) is 3.64. The first-order chi connectivity index (χ1) is 26.8. The second-order valence-electron chi connectivity index (χ2n) is 15.2. The minimum Gasteiger partial charge on any atom is -0.490 e. The number of carbonyl (C=O) groups is 3. The highest BCUT2D eigenvalue weighted by Crippen LogP contribution is 2.37. The molecule has 2 N–H and O–H groups in total. The fourth-order valence-electron chi connectivity index (χ4n) is 8.70. The summed E-state index contributed by atoms with van der Waals surface area (Å²) in [4.78, 5) is 43.7. The SMILES string of the molecule is Cl.N#Cc1ccc(O[C@H]2CC[C@H](NC(=O)c3ccc(N4CCN(C[C@H]5CC[C@H](n6ccc7c(N8CCC(=O)NC8=O)cccc76)CC5)CC4)nn3)CC2)cc1Cl. The molecule has 0 spiro atoms. The van der Waals surface area contributed by atoms with E-state index in [0.29, 0.717) is 47.0 Å². The number of nitrogens with zero attached hydrogens (tertiary/aromatic N) is 7. The van der Waals surface area contributed by atoms with Crippen molar-refractivity contribution in [1.29, 1.82) is 5.26 Å². The van der Waals surface area contributed by atoms with Crippen molar-refractivity contribution in [3.63, 3.8) is 0 Å². The van der Waals surface area contributed by atoms with Crippen molar-refractivity contribution in [3.8, 4) is 11.8 Å². The van der Waals surface area contributed by atoms with Gasteiger partial charge in [0.05, 0.1) is 27.9 Å². The molecule has 56 heavy (non-hydrogen) atoms. The number of benzene rings is 2. The van der Waals surface area contributed by atoms with Crippen LogP contribution in [0.5, 0.6) is 5.75 Å². The molecule has 4 fully saturated rings. The van der Waals surface area contributed by atoms with Crippen molar-refractivity contribution in [1.82, 2.24) is 30.3 Å². The molecule has 4 amide bonds. The van der Waals surface area contributed by atoms with Crippen molar-refractivity contribution >= 4 is 64.3 Å². The third kappa shape index (κ3) is 8.73. The van der Waals surface area contributed by atoms with Crippen molar-refractivity contribution in [2.24, 2.45) is 5.92 Å². The molecule has 0 radical (unpaired) electrons. The van der Waals surface area contributed by atoms with Crippen molar-refractivity contribution in [2.45, 2.75) is 76.0 Å². The molecular weight excluding hydrogens is 753 g/mol. The Hall–Kier alpha value is -4.90. The lowest BCUT2D eigenvalue weighted by Gasteiger charge is -2.38. The Kier molecular flexibility index (Phi) is 12.3. The van der Waals surface area contributed by atoms with Crippen LogP contribution in [-0.2, 0) is 4.79 Å². The van der Waals surface area contributed by atoms with Crippen LogP contribution in [0, 0.1) is 17.2 Å². The first kappa shape index (κ1) is 39.3. The fourth-order valence-corrected chi connectivity index (χ4v) is 8.91. The molecule has 4 aromatic rings. The first-order valence-electron chi connectivity index (χ1n) is 19.5. The maximum atomic E-state index is 13.0. The van der Waals surface area contributed by atoms with Crippen LogP contribution < -0.4 is 25.2 Å². The summed E-state index contributed by atoms with van der Waals surface area (Å²) in [6.07, 6.45) is 10.3. The predicted molar refractivity (Wildman–Crippen MR) is 217 cm³/mol. The molecule has 2 aliphatic heterocycles. The lowest BCUT2D eigenvalue weighted by molar-refractivity contribution is -0.120. The Morgan fingerprint density at radius 3 is 2.41 bits per heavy atom. The number of nitriles is 1. The van der Waals surface area contributed by atoms with Crippen LogP contribution >= 0.6 is 24.0 Å². The third-order valence-corrected chi connectivity index (χ3v) is 12.1. The fraction of sp³-hybridized carbons (Fsp3) is 0.463. The molecule has 0 atom stereocenters. The standard InChI is InChI=1S/C41H46ClN9O4.ClH/c42-34-24-32(11-6-28(34)25-43)55-31-12-7-29(8-13-31)44-40(53)35-14-15-38(47-46-35)49-22-20-48(21-23-49)26-27-4-9-30(10-5-27)50-18-16-33-36(50)2-1-3-37(33)51-19-17-39(52)45-41(51)54;/h1-3,6,11,14-16,18,24,27,29-31H,4-5,7-10,12-13,17,19-23,26H2,(H,44,53)(H,45,52,54);1H/t27-,29-,30-,31-;. The number of amides is 4. The van der Waals surface area contributed by atoms with Gasteiger partial charge in [0, 0.05) is 75.4 Å². The highest BCUT2D eigenvalue weighted by Gasteiger charge is 2.30. The lowest BCUT2D eigenvalue weighted by Crippen LogP contribution is -2.49.